The molecular formula is C16H26N2O4. The van der Waals surface area contributed by atoms with E-state index in [0.717, 1.165) is 19.3 Å². The van der Waals surface area contributed by atoms with E-state index in [0.29, 0.717) is 25.9 Å². The van der Waals surface area contributed by atoms with E-state index in [4.69, 9.17) is 0 Å². The van der Waals surface area contributed by atoms with Crippen LogP contribution in [0.5, 0.6) is 0 Å². The van der Waals surface area contributed by atoms with Gasteiger partial charge in [0, 0.05) is 26.1 Å². The fourth-order valence-electron chi connectivity index (χ4n) is 3.41. The molecule has 0 saturated carbocycles. The second-order valence-corrected chi connectivity index (χ2v) is 6.81. The lowest BCUT2D eigenvalue weighted by Crippen LogP contribution is -2.44. The van der Waals surface area contributed by atoms with Gasteiger partial charge in [0.15, 0.2) is 0 Å². The van der Waals surface area contributed by atoms with Crippen molar-refractivity contribution in [2.24, 2.45) is 11.3 Å². The van der Waals surface area contributed by atoms with Gasteiger partial charge < -0.3 is 14.9 Å². The van der Waals surface area contributed by atoms with Crippen molar-refractivity contribution in [1.82, 2.24) is 9.80 Å². The van der Waals surface area contributed by atoms with Gasteiger partial charge in [-0.25, -0.2) is 0 Å². The van der Waals surface area contributed by atoms with Gasteiger partial charge >= 0.3 is 5.97 Å². The molecule has 22 heavy (non-hydrogen) atoms. The van der Waals surface area contributed by atoms with Crippen LogP contribution in [-0.2, 0) is 14.4 Å². The van der Waals surface area contributed by atoms with Crippen LogP contribution in [0.3, 0.4) is 0 Å². The average Bonchev–Trinajstić information content (AvgIpc) is 2.83. The Bertz CT molecular complexity index is 463. The van der Waals surface area contributed by atoms with Gasteiger partial charge in [-0.2, -0.15) is 0 Å². The maximum atomic E-state index is 12.4. The summed E-state index contributed by atoms with van der Waals surface area (Å²) >= 11 is 0. The van der Waals surface area contributed by atoms with Gasteiger partial charge in [0.2, 0.25) is 11.8 Å². The second-order valence-electron chi connectivity index (χ2n) is 6.81. The molecule has 1 atom stereocenters. The zero-order chi connectivity index (χ0) is 16.3. The zero-order valence-corrected chi connectivity index (χ0v) is 13.5. The van der Waals surface area contributed by atoms with Crippen LogP contribution in [-0.4, -0.2) is 58.9 Å². The first kappa shape index (κ1) is 16.8. The maximum Gasteiger partial charge on any atom is 0.311 e. The highest BCUT2D eigenvalue weighted by molar-refractivity contribution is 5.86. The van der Waals surface area contributed by atoms with Crippen LogP contribution >= 0.6 is 0 Å². The number of hydrogen-bond donors (Lipinski definition) is 1. The first-order chi connectivity index (χ1) is 10.4. The summed E-state index contributed by atoms with van der Waals surface area (Å²) in [6.45, 7) is 5.21. The van der Waals surface area contributed by atoms with Gasteiger partial charge in [0.05, 0.1) is 12.0 Å². The first-order valence-electron chi connectivity index (χ1n) is 8.16. The van der Waals surface area contributed by atoms with Crippen molar-refractivity contribution in [3.05, 3.63) is 0 Å². The molecule has 6 nitrogen and oxygen atoms in total. The molecule has 2 aliphatic rings. The normalized spacial score (nSPS) is 26.4. The van der Waals surface area contributed by atoms with E-state index in [2.05, 4.69) is 0 Å². The summed E-state index contributed by atoms with van der Waals surface area (Å²) in [5.41, 5.74) is -0.849. The standard InChI is InChI=1S/C16H26N2O4/c1-12(2)16(15(21)22)7-9-18(11-16)14(20)10-17-8-5-3-4-6-13(17)19/h12H,3-11H2,1-2H3,(H,21,22). The average molecular weight is 310 g/mol. The molecule has 0 aliphatic carbocycles. The van der Waals surface area contributed by atoms with Crippen LogP contribution in [0, 0.1) is 11.3 Å². The van der Waals surface area contributed by atoms with Crippen molar-refractivity contribution in [2.75, 3.05) is 26.2 Å². The number of likely N-dealkylation sites (tertiary alicyclic amines) is 2. The van der Waals surface area contributed by atoms with Gasteiger partial charge in [-0.15, -0.1) is 0 Å². The molecule has 1 unspecified atom stereocenters. The Balaban J connectivity index is 1.99. The lowest BCUT2D eigenvalue weighted by molar-refractivity contribution is -0.151. The maximum absolute atomic E-state index is 12.4. The largest absolute Gasteiger partial charge is 0.481 e. The summed E-state index contributed by atoms with van der Waals surface area (Å²) in [7, 11) is 0. The summed E-state index contributed by atoms with van der Waals surface area (Å²) < 4.78 is 0. The minimum atomic E-state index is -0.849. The van der Waals surface area contributed by atoms with E-state index in [1.807, 2.05) is 13.8 Å². The summed E-state index contributed by atoms with van der Waals surface area (Å²) in [5.74, 6) is -0.941. The molecule has 0 aromatic carbocycles. The number of rotatable bonds is 4. The Morgan fingerprint density at radius 2 is 1.95 bits per heavy atom. The third-order valence-corrected chi connectivity index (χ3v) is 5.18. The lowest BCUT2D eigenvalue weighted by Gasteiger charge is -2.29. The first-order valence-corrected chi connectivity index (χ1v) is 8.16. The van der Waals surface area contributed by atoms with E-state index < -0.39 is 11.4 Å². The number of carbonyl (C=O) groups is 3. The zero-order valence-electron chi connectivity index (χ0n) is 13.5. The number of carboxylic acids is 1. The van der Waals surface area contributed by atoms with Crippen LogP contribution in [0.2, 0.25) is 0 Å². The van der Waals surface area contributed by atoms with Crippen molar-refractivity contribution < 1.29 is 19.5 Å². The van der Waals surface area contributed by atoms with Gasteiger partial charge in [-0.3, -0.25) is 14.4 Å². The lowest BCUT2D eigenvalue weighted by atomic mass is 9.76. The van der Waals surface area contributed by atoms with E-state index in [9.17, 15) is 19.5 Å². The van der Waals surface area contributed by atoms with E-state index in [1.54, 1.807) is 9.80 Å². The molecule has 2 saturated heterocycles. The molecule has 0 spiro atoms. The van der Waals surface area contributed by atoms with E-state index >= 15 is 0 Å². The molecule has 0 radical (unpaired) electrons. The Morgan fingerprint density at radius 3 is 2.55 bits per heavy atom. The molecule has 6 heteroatoms. The highest BCUT2D eigenvalue weighted by Crippen LogP contribution is 2.38. The SMILES string of the molecule is CC(C)C1(C(=O)O)CCN(C(=O)CN2CCCCCC2=O)C1. The van der Waals surface area contributed by atoms with Crippen molar-refractivity contribution in [1.29, 1.82) is 0 Å². The van der Waals surface area contributed by atoms with Gasteiger partial charge in [0.1, 0.15) is 0 Å². The minimum Gasteiger partial charge on any atom is -0.481 e. The van der Waals surface area contributed by atoms with Crippen molar-refractivity contribution >= 4 is 17.8 Å². The quantitative estimate of drug-likeness (QED) is 0.850. The van der Waals surface area contributed by atoms with E-state index in [1.165, 1.54) is 0 Å². The van der Waals surface area contributed by atoms with Crippen LogP contribution in [0.25, 0.3) is 0 Å². The molecule has 2 amide bonds. The molecular weight excluding hydrogens is 284 g/mol. The second kappa shape index (κ2) is 6.67. The van der Waals surface area contributed by atoms with Crippen LogP contribution in [0.4, 0.5) is 0 Å². The molecule has 1 N–H and O–H groups in total. The molecule has 2 heterocycles. The van der Waals surface area contributed by atoms with Gasteiger partial charge in [-0.05, 0) is 25.2 Å². The Hall–Kier alpha value is -1.59. The topological polar surface area (TPSA) is 77.9 Å². The Kier molecular flexibility index (Phi) is 5.08. The van der Waals surface area contributed by atoms with Crippen LogP contribution < -0.4 is 0 Å². The van der Waals surface area contributed by atoms with Crippen LogP contribution in [0.1, 0.15) is 46.0 Å². The molecule has 0 aromatic heterocycles. The fraction of sp³-hybridized carbons (Fsp3) is 0.812. The predicted octanol–water partition coefficient (Wildman–Crippen LogP) is 1.35. The third-order valence-electron chi connectivity index (χ3n) is 5.18. The molecule has 2 rings (SSSR count). The number of hydrogen-bond acceptors (Lipinski definition) is 3. The monoisotopic (exact) mass is 310 g/mol. The minimum absolute atomic E-state index is 0.0254. The van der Waals surface area contributed by atoms with Gasteiger partial charge in [-0.1, -0.05) is 20.3 Å². The molecule has 0 aromatic rings. The summed E-state index contributed by atoms with van der Waals surface area (Å²) in [5, 5.41) is 9.53. The number of amides is 2. The molecule has 2 fully saturated rings. The number of nitrogens with zero attached hydrogens (tertiary/aromatic N) is 2. The number of aliphatic carboxylic acids is 1. The van der Waals surface area contributed by atoms with Crippen molar-refractivity contribution in [3.63, 3.8) is 0 Å². The third kappa shape index (κ3) is 3.25. The number of carboxylic acid groups (broad SMARTS) is 1. The van der Waals surface area contributed by atoms with Crippen molar-refractivity contribution in [2.45, 2.75) is 46.0 Å². The summed E-state index contributed by atoms with van der Waals surface area (Å²) in [6.07, 6.45) is 3.85. The highest BCUT2D eigenvalue weighted by atomic mass is 16.4. The van der Waals surface area contributed by atoms with Gasteiger partial charge in [0.25, 0.3) is 0 Å². The summed E-state index contributed by atoms with van der Waals surface area (Å²) in [4.78, 5) is 39.3. The fourth-order valence-corrected chi connectivity index (χ4v) is 3.41. The summed E-state index contributed by atoms with van der Waals surface area (Å²) in [6, 6.07) is 0. The smallest absolute Gasteiger partial charge is 0.311 e. The molecule has 2 aliphatic heterocycles. The van der Waals surface area contributed by atoms with E-state index in [-0.39, 0.29) is 30.8 Å². The molecule has 124 valence electrons. The predicted molar refractivity (Wildman–Crippen MR) is 81.2 cm³/mol. The Labute approximate surface area is 131 Å². The highest BCUT2D eigenvalue weighted by Gasteiger charge is 2.48. The van der Waals surface area contributed by atoms with Crippen LogP contribution in [0.15, 0.2) is 0 Å². The molecule has 0 bridgehead atoms. The Morgan fingerprint density at radius 1 is 1.23 bits per heavy atom. The van der Waals surface area contributed by atoms with Crippen molar-refractivity contribution in [3.8, 4) is 0 Å². The number of carbonyl (C=O) groups excluding carboxylic acids is 2.